The monoisotopic (exact) mass is 297 g/mol. The number of thiazole rings is 1. The maximum absolute atomic E-state index is 10.2. The summed E-state index contributed by atoms with van der Waals surface area (Å²) in [6.07, 6.45) is 3.13. The van der Waals surface area contributed by atoms with Crippen LogP contribution in [0.15, 0.2) is 22.8 Å². The summed E-state index contributed by atoms with van der Waals surface area (Å²) in [5, 5.41) is 16.4. The molecular formula is C14H23N3O2S. The van der Waals surface area contributed by atoms with Gasteiger partial charge in [-0.25, -0.2) is 4.98 Å². The van der Waals surface area contributed by atoms with E-state index in [9.17, 15) is 5.11 Å². The molecule has 1 fully saturated rings. The number of aliphatic hydroxyl groups excluding tert-OH is 1. The summed E-state index contributed by atoms with van der Waals surface area (Å²) in [5.74, 6) is 0. The Morgan fingerprint density at radius 2 is 2.50 bits per heavy atom. The van der Waals surface area contributed by atoms with Crippen LogP contribution in [0.1, 0.15) is 24.8 Å². The second-order valence-electron chi connectivity index (χ2n) is 4.76. The van der Waals surface area contributed by atoms with Gasteiger partial charge in [0.25, 0.3) is 0 Å². The third kappa shape index (κ3) is 3.79. The largest absolute Gasteiger partial charge is 0.368 e. The molecule has 0 spiro atoms. The molecule has 5 nitrogen and oxygen atoms in total. The minimum absolute atomic E-state index is 0.508. The van der Waals surface area contributed by atoms with Crippen LogP contribution in [-0.4, -0.2) is 48.0 Å². The van der Waals surface area contributed by atoms with Crippen molar-refractivity contribution in [1.29, 1.82) is 0 Å². The molecule has 0 aromatic carbocycles. The third-order valence-corrected chi connectivity index (χ3v) is 4.16. The molecule has 112 valence electrons. The third-order valence-electron chi connectivity index (χ3n) is 3.39. The van der Waals surface area contributed by atoms with Gasteiger partial charge in [-0.1, -0.05) is 0 Å². The quantitative estimate of drug-likeness (QED) is 0.748. The van der Waals surface area contributed by atoms with Crippen molar-refractivity contribution in [3.05, 3.63) is 27.9 Å². The first kappa shape index (κ1) is 15.4. The van der Waals surface area contributed by atoms with Gasteiger partial charge in [0.2, 0.25) is 0 Å². The molecule has 1 atom stereocenters. The Kier molecular flexibility index (Phi) is 5.97. The van der Waals surface area contributed by atoms with Gasteiger partial charge in [-0.15, -0.1) is 11.3 Å². The summed E-state index contributed by atoms with van der Waals surface area (Å²) in [6.45, 7) is 4.88. The normalized spacial score (nSPS) is 19.4. The highest BCUT2D eigenvalue weighted by Crippen LogP contribution is 2.28. The highest BCUT2D eigenvalue weighted by atomic mass is 32.1. The standard InChI is InChI=1S/C14H23N3O2S/c1-3-19-14(18)11(9-15-2)12-5-4-7-17(12)10-13-16-6-8-20-13/h6,8,14-15,18H,3-5,7,9-10H2,1-2H3/b12-11+. The number of allylic oxidation sites excluding steroid dienone is 1. The average Bonchev–Trinajstić information content (AvgIpc) is 3.08. The van der Waals surface area contributed by atoms with Crippen molar-refractivity contribution >= 4 is 11.3 Å². The van der Waals surface area contributed by atoms with Crippen molar-refractivity contribution in [1.82, 2.24) is 15.2 Å². The van der Waals surface area contributed by atoms with Gasteiger partial charge in [-0.05, 0) is 26.8 Å². The van der Waals surface area contributed by atoms with E-state index in [0.717, 1.165) is 36.5 Å². The van der Waals surface area contributed by atoms with E-state index in [1.807, 2.05) is 25.5 Å². The number of hydrogen-bond acceptors (Lipinski definition) is 6. The molecule has 0 bridgehead atoms. The van der Waals surface area contributed by atoms with Crippen LogP contribution in [0.3, 0.4) is 0 Å². The zero-order valence-electron chi connectivity index (χ0n) is 12.1. The Balaban J connectivity index is 2.17. The van der Waals surface area contributed by atoms with Crippen LogP contribution in [0.2, 0.25) is 0 Å². The molecule has 2 heterocycles. The van der Waals surface area contributed by atoms with Crippen molar-refractivity contribution < 1.29 is 9.84 Å². The number of nitrogens with one attached hydrogen (secondary N) is 1. The summed E-state index contributed by atoms with van der Waals surface area (Å²) >= 11 is 1.67. The SMILES string of the molecule is CCOC(O)/C(CNC)=C1\CCCN1Cc1nccs1. The van der Waals surface area contributed by atoms with E-state index >= 15 is 0 Å². The molecule has 1 aromatic rings. The molecule has 2 rings (SSSR count). The van der Waals surface area contributed by atoms with Gasteiger partial charge >= 0.3 is 0 Å². The minimum Gasteiger partial charge on any atom is -0.368 e. The summed E-state index contributed by atoms with van der Waals surface area (Å²) in [7, 11) is 1.89. The van der Waals surface area contributed by atoms with Gasteiger partial charge in [0.15, 0.2) is 6.29 Å². The number of aromatic nitrogens is 1. The van der Waals surface area contributed by atoms with Crippen LogP contribution in [0.4, 0.5) is 0 Å². The molecule has 20 heavy (non-hydrogen) atoms. The van der Waals surface area contributed by atoms with E-state index in [-0.39, 0.29) is 0 Å². The van der Waals surface area contributed by atoms with Crippen LogP contribution in [-0.2, 0) is 11.3 Å². The maximum atomic E-state index is 10.2. The first-order valence-electron chi connectivity index (χ1n) is 7.05. The van der Waals surface area contributed by atoms with E-state index in [0.29, 0.717) is 13.2 Å². The molecule has 1 aromatic heterocycles. The van der Waals surface area contributed by atoms with Crippen molar-refractivity contribution in [2.75, 3.05) is 26.7 Å². The highest BCUT2D eigenvalue weighted by molar-refractivity contribution is 7.09. The van der Waals surface area contributed by atoms with Crippen LogP contribution in [0.25, 0.3) is 0 Å². The topological polar surface area (TPSA) is 57.6 Å². The van der Waals surface area contributed by atoms with Gasteiger partial charge in [-0.2, -0.15) is 0 Å². The fourth-order valence-corrected chi connectivity index (χ4v) is 3.17. The summed E-state index contributed by atoms with van der Waals surface area (Å²) < 4.78 is 5.37. The molecule has 0 amide bonds. The number of likely N-dealkylation sites (tertiary alicyclic amines) is 1. The summed E-state index contributed by atoms with van der Waals surface area (Å²) in [4.78, 5) is 6.66. The summed E-state index contributed by atoms with van der Waals surface area (Å²) in [6, 6.07) is 0. The van der Waals surface area contributed by atoms with Crippen LogP contribution < -0.4 is 5.32 Å². The average molecular weight is 297 g/mol. The lowest BCUT2D eigenvalue weighted by Gasteiger charge is -2.25. The fraction of sp³-hybridized carbons (Fsp3) is 0.643. The first-order valence-corrected chi connectivity index (χ1v) is 7.93. The fourth-order valence-electron chi connectivity index (χ4n) is 2.54. The molecule has 0 aliphatic carbocycles. The van der Waals surface area contributed by atoms with E-state index in [2.05, 4.69) is 15.2 Å². The highest BCUT2D eigenvalue weighted by Gasteiger charge is 2.25. The number of hydrogen-bond donors (Lipinski definition) is 2. The molecule has 2 N–H and O–H groups in total. The van der Waals surface area contributed by atoms with Crippen LogP contribution in [0, 0.1) is 0 Å². The smallest absolute Gasteiger partial charge is 0.180 e. The van der Waals surface area contributed by atoms with Gasteiger partial charge in [0.05, 0.1) is 6.54 Å². The Bertz CT molecular complexity index is 434. The van der Waals surface area contributed by atoms with Gasteiger partial charge in [-0.3, -0.25) is 0 Å². The first-order chi connectivity index (χ1) is 9.76. The second-order valence-corrected chi connectivity index (χ2v) is 5.74. The van der Waals surface area contributed by atoms with Crippen molar-refractivity contribution in [3.63, 3.8) is 0 Å². The Labute approximate surface area is 124 Å². The molecule has 1 aliphatic heterocycles. The lowest BCUT2D eigenvalue weighted by atomic mass is 10.1. The summed E-state index contributed by atoms with van der Waals surface area (Å²) in [5.41, 5.74) is 2.15. The zero-order valence-corrected chi connectivity index (χ0v) is 12.9. The van der Waals surface area contributed by atoms with Crippen molar-refractivity contribution in [3.8, 4) is 0 Å². The Morgan fingerprint density at radius 1 is 1.65 bits per heavy atom. The van der Waals surface area contributed by atoms with Crippen molar-refractivity contribution in [2.24, 2.45) is 0 Å². The van der Waals surface area contributed by atoms with E-state index in [1.165, 1.54) is 5.70 Å². The molecule has 1 saturated heterocycles. The molecule has 6 heteroatoms. The number of rotatable bonds is 7. The van der Waals surface area contributed by atoms with Crippen LogP contribution >= 0.6 is 11.3 Å². The zero-order chi connectivity index (χ0) is 14.4. The lowest BCUT2D eigenvalue weighted by molar-refractivity contribution is -0.0696. The molecule has 1 unspecified atom stereocenters. The molecule has 0 radical (unpaired) electrons. The van der Waals surface area contributed by atoms with E-state index in [4.69, 9.17) is 4.74 Å². The molecule has 0 saturated carbocycles. The second kappa shape index (κ2) is 7.73. The Hall–Kier alpha value is -0.950. The predicted molar refractivity (Wildman–Crippen MR) is 80.3 cm³/mol. The van der Waals surface area contributed by atoms with E-state index in [1.54, 1.807) is 11.3 Å². The number of ether oxygens (including phenoxy) is 1. The number of nitrogens with zero attached hydrogens (tertiary/aromatic N) is 2. The minimum atomic E-state index is -0.820. The van der Waals surface area contributed by atoms with Gasteiger partial charge in [0.1, 0.15) is 5.01 Å². The molecular weight excluding hydrogens is 274 g/mol. The van der Waals surface area contributed by atoms with Gasteiger partial charge in [0, 0.05) is 42.5 Å². The number of likely N-dealkylation sites (N-methyl/N-ethyl adjacent to an activating group) is 1. The lowest BCUT2D eigenvalue weighted by Crippen LogP contribution is -2.29. The van der Waals surface area contributed by atoms with Crippen LogP contribution in [0.5, 0.6) is 0 Å². The molecule has 1 aliphatic rings. The Morgan fingerprint density at radius 3 is 3.15 bits per heavy atom. The number of aliphatic hydroxyl groups is 1. The maximum Gasteiger partial charge on any atom is 0.180 e. The van der Waals surface area contributed by atoms with E-state index < -0.39 is 6.29 Å². The van der Waals surface area contributed by atoms with Gasteiger partial charge < -0.3 is 20.1 Å². The van der Waals surface area contributed by atoms with Crippen molar-refractivity contribution in [2.45, 2.75) is 32.6 Å². The predicted octanol–water partition coefficient (Wildman–Crippen LogP) is 1.57.